The van der Waals surface area contributed by atoms with Gasteiger partial charge in [0.25, 0.3) is 0 Å². The number of carbonyl (C=O) groups is 1. The summed E-state index contributed by atoms with van der Waals surface area (Å²) in [6.07, 6.45) is 3.02. The molecular formula is C14H12ClNO3. The number of ketones is 1. The summed E-state index contributed by atoms with van der Waals surface area (Å²) in [6.45, 7) is 0. The third kappa shape index (κ3) is 2.85. The van der Waals surface area contributed by atoms with Crippen molar-refractivity contribution >= 4 is 17.4 Å². The zero-order valence-corrected chi connectivity index (χ0v) is 11.3. The molecule has 0 unspecified atom stereocenters. The van der Waals surface area contributed by atoms with Gasteiger partial charge < -0.3 is 9.47 Å². The van der Waals surface area contributed by atoms with Gasteiger partial charge in [0.2, 0.25) is 0 Å². The minimum absolute atomic E-state index is 0.195. The largest absolute Gasteiger partial charge is 0.496 e. The Bertz CT molecular complexity index is 613. The number of ether oxygens (including phenoxy) is 2. The molecule has 0 aliphatic heterocycles. The van der Waals surface area contributed by atoms with Crippen LogP contribution in [0.3, 0.4) is 0 Å². The second-order valence-electron chi connectivity index (χ2n) is 3.79. The SMILES string of the molecule is COc1cncc(C(=O)c2ccc(Cl)cc2OC)c1. The third-order valence-corrected chi connectivity index (χ3v) is 2.85. The van der Waals surface area contributed by atoms with Gasteiger partial charge in [-0.3, -0.25) is 9.78 Å². The molecule has 0 aliphatic carbocycles. The lowest BCUT2D eigenvalue weighted by Crippen LogP contribution is -2.04. The van der Waals surface area contributed by atoms with Gasteiger partial charge in [-0.2, -0.15) is 0 Å². The number of pyridine rings is 1. The molecule has 0 saturated carbocycles. The molecule has 1 heterocycles. The molecule has 0 saturated heterocycles. The molecule has 2 aromatic rings. The second-order valence-corrected chi connectivity index (χ2v) is 4.22. The number of hydrogen-bond acceptors (Lipinski definition) is 4. The minimum atomic E-state index is -0.195. The van der Waals surface area contributed by atoms with E-state index in [1.54, 1.807) is 24.3 Å². The quantitative estimate of drug-likeness (QED) is 0.806. The summed E-state index contributed by atoms with van der Waals surface area (Å²) < 4.78 is 10.2. The van der Waals surface area contributed by atoms with Gasteiger partial charge in [0.15, 0.2) is 5.78 Å². The van der Waals surface area contributed by atoms with E-state index in [0.29, 0.717) is 27.6 Å². The molecule has 4 nitrogen and oxygen atoms in total. The van der Waals surface area contributed by atoms with Gasteiger partial charge in [0.05, 0.1) is 26.0 Å². The van der Waals surface area contributed by atoms with Crippen molar-refractivity contribution in [2.75, 3.05) is 14.2 Å². The van der Waals surface area contributed by atoms with Crippen LogP contribution in [0.15, 0.2) is 36.7 Å². The summed E-state index contributed by atoms with van der Waals surface area (Å²) >= 11 is 5.87. The molecule has 1 aromatic heterocycles. The molecule has 5 heteroatoms. The maximum absolute atomic E-state index is 12.4. The summed E-state index contributed by atoms with van der Waals surface area (Å²) in [5.41, 5.74) is 0.863. The fourth-order valence-corrected chi connectivity index (χ4v) is 1.82. The van der Waals surface area contributed by atoms with Crippen LogP contribution in [-0.2, 0) is 0 Å². The molecule has 0 spiro atoms. The van der Waals surface area contributed by atoms with E-state index in [1.807, 2.05) is 0 Å². The van der Waals surface area contributed by atoms with E-state index >= 15 is 0 Å². The highest BCUT2D eigenvalue weighted by molar-refractivity contribution is 6.31. The number of methoxy groups -OCH3 is 2. The van der Waals surface area contributed by atoms with E-state index in [2.05, 4.69) is 4.98 Å². The van der Waals surface area contributed by atoms with Crippen LogP contribution in [0.4, 0.5) is 0 Å². The topological polar surface area (TPSA) is 48.4 Å². The van der Waals surface area contributed by atoms with Gasteiger partial charge in [-0.15, -0.1) is 0 Å². The fourth-order valence-electron chi connectivity index (χ4n) is 1.66. The third-order valence-electron chi connectivity index (χ3n) is 2.62. The summed E-state index contributed by atoms with van der Waals surface area (Å²) in [6, 6.07) is 6.50. The maximum atomic E-state index is 12.4. The van der Waals surface area contributed by atoms with Crippen LogP contribution in [0.2, 0.25) is 5.02 Å². The molecule has 0 fully saturated rings. The van der Waals surface area contributed by atoms with Gasteiger partial charge in [-0.05, 0) is 24.3 Å². The first kappa shape index (κ1) is 13.4. The molecule has 0 radical (unpaired) electrons. The Hall–Kier alpha value is -2.07. The molecule has 98 valence electrons. The van der Waals surface area contributed by atoms with Crippen LogP contribution in [0.1, 0.15) is 15.9 Å². The molecule has 0 atom stereocenters. The van der Waals surface area contributed by atoms with E-state index < -0.39 is 0 Å². The molecule has 0 aliphatic rings. The van der Waals surface area contributed by atoms with Crippen molar-refractivity contribution in [1.82, 2.24) is 4.98 Å². The van der Waals surface area contributed by atoms with E-state index in [9.17, 15) is 4.79 Å². The highest BCUT2D eigenvalue weighted by Gasteiger charge is 2.15. The molecule has 2 rings (SSSR count). The monoisotopic (exact) mass is 277 g/mol. The van der Waals surface area contributed by atoms with Crippen molar-refractivity contribution < 1.29 is 14.3 Å². The number of rotatable bonds is 4. The first-order chi connectivity index (χ1) is 9.15. The number of benzene rings is 1. The maximum Gasteiger partial charge on any atom is 0.198 e. The summed E-state index contributed by atoms with van der Waals surface area (Å²) in [5, 5.41) is 0.511. The summed E-state index contributed by atoms with van der Waals surface area (Å²) in [4.78, 5) is 16.3. The van der Waals surface area contributed by atoms with Gasteiger partial charge in [0, 0.05) is 16.8 Å². The summed E-state index contributed by atoms with van der Waals surface area (Å²) in [7, 11) is 3.01. The molecule has 0 bridgehead atoms. The van der Waals surface area contributed by atoms with E-state index in [-0.39, 0.29) is 5.78 Å². The Morgan fingerprint density at radius 3 is 2.63 bits per heavy atom. The van der Waals surface area contributed by atoms with Crippen molar-refractivity contribution in [3.63, 3.8) is 0 Å². The van der Waals surface area contributed by atoms with Crippen LogP contribution in [0.5, 0.6) is 11.5 Å². The van der Waals surface area contributed by atoms with Crippen molar-refractivity contribution in [2.24, 2.45) is 0 Å². The van der Waals surface area contributed by atoms with Crippen LogP contribution >= 0.6 is 11.6 Å². The lowest BCUT2D eigenvalue weighted by molar-refractivity contribution is 0.103. The predicted molar refractivity (Wildman–Crippen MR) is 72.2 cm³/mol. The van der Waals surface area contributed by atoms with Crippen LogP contribution in [0, 0.1) is 0 Å². The molecule has 1 aromatic carbocycles. The summed E-state index contributed by atoms with van der Waals surface area (Å²) in [5.74, 6) is 0.763. The smallest absolute Gasteiger partial charge is 0.198 e. The Morgan fingerprint density at radius 1 is 1.16 bits per heavy atom. The van der Waals surface area contributed by atoms with Crippen molar-refractivity contribution in [3.05, 3.63) is 52.8 Å². The number of aromatic nitrogens is 1. The standard InChI is InChI=1S/C14H12ClNO3/c1-18-11-5-9(7-16-8-11)14(17)12-4-3-10(15)6-13(12)19-2/h3-8H,1-2H3. The predicted octanol–water partition coefficient (Wildman–Crippen LogP) is 2.98. The van der Waals surface area contributed by atoms with Gasteiger partial charge >= 0.3 is 0 Å². The first-order valence-corrected chi connectivity index (χ1v) is 5.90. The Balaban J connectivity index is 2.43. The first-order valence-electron chi connectivity index (χ1n) is 5.53. The zero-order chi connectivity index (χ0) is 13.8. The average molecular weight is 278 g/mol. The van der Waals surface area contributed by atoms with Crippen LogP contribution in [0.25, 0.3) is 0 Å². The minimum Gasteiger partial charge on any atom is -0.496 e. The number of nitrogens with zero attached hydrogens (tertiary/aromatic N) is 1. The van der Waals surface area contributed by atoms with Crippen molar-refractivity contribution in [1.29, 1.82) is 0 Å². The zero-order valence-electron chi connectivity index (χ0n) is 10.5. The Morgan fingerprint density at radius 2 is 1.95 bits per heavy atom. The van der Waals surface area contributed by atoms with Crippen molar-refractivity contribution in [2.45, 2.75) is 0 Å². The van der Waals surface area contributed by atoms with Gasteiger partial charge in [-0.1, -0.05) is 11.6 Å². The van der Waals surface area contributed by atoms with Gasteiger partial charge in [0.1, 0.15) is 11.5 Å². The van der Waals surface area contributed by atoms with E-state index in [1.165, 1.54) is 26.6 Å². The molecule has 19 heavy (non-hydrogen) atoms. The van der Waals surface area contributed by atoms with E-state index in [0.717, 1.165) is 0 Å². The fraction of sp³-hybridized carbons (Fsp3) is 0.143. The molecule has 0 N–H and O–H groups in total. The normalized spacial score (nSPS) is 10.1. The Kier molecular flexibility index (Phi) is 4.02. The highest BCUT2D eigenvalue weighted by Crippen LogP contribution is 2.26. The molecular weight excluding hydrogens is 266 g/mol. The number of halogens is 1. The number of hydrogen-bond donors (Lipinski definition) is 0. The van der Waals surface area contributed by atoms with E-state index in [4.69, 9.17) is 21.1 Å². The lowest BCUT2D eigenvalue weighted by atomic mass is 10.0. The van der Waals surface area contributed by atoms with Crippen LogP contribution in [-0.4, -0.2) is 25.0 Å². The van der Waals surface area contributed by atoms with Gasteiger partial charge in [-0.25, -0.2) is 0 Å². The molecule has 0 amide bonds. The highest BCUT2D eigenvalue weighted by atomic mass is 35.5. The Labute approximate surface area is 115 Å². The van der Waals surface area contributed by atoms with Crippen LogP contribution < -0.4 is 9.47 Å². The number of carbonyl (C=O) groups excluding carboxylic acids is 1. The lowest BCUT2D eigenvalue weighted by Gasteiger charge is -2.08. The second kappa shape index (κ2) is 5.71. The van der Waals surface area contributed by atoms with Crippen molar-refractivity contribution in [3.8, 4) is 11.5 Å². The average Bonchev–Trinajstić information content (AvgIpc) is 2.46.